The van der Waals surface area contributed by atoms with E-state index in [1.165, 1.54) is 18.3 Å². The molecule has 1 N–H and O–H groups in total. The van der Waals surface area contributed by atoms with Crippen molar-refractivity contribution in [3.8, 4) is 5.75 Å². The Hall–Kier alpha value is -4.85. The summed E-state index contributed by atoms with van der Waals surface area (Å²) in [6.07, 6.45) is 1.78. The third-order valence-electron chi connectivity index (χ3n) is 6.99. The van der Waals surface area contributed by atoms with Crippen molar-refractivity contribution in [1.29, 1.82) is 0 Å². The van der Waals surface area contributed by atoms with Gasteiger partial charge in [0, 0.05) is 34.0 Å². The van der Waals surface area contributed by atoms with E-state index in [1.54, 1.807) is 42.5 Å². The second kappa shape index (κ2) is 9.55. The first kappa shape index (κ1) is 23.5. The van der Waals surface area contributed by atoms with Gasteiger partial charge in [-0.15, -0.1) is 0 Å². The number of carbonyl (C=O) groups excluding carboxylic acids is 3. The van der Waals surface area contributed by atoms with E-state index >= 15 is 0 Å². The molecule has 1 aliphatic heterocycles. The molecule has 1 amide bonds. The highest BCUT2D eigenvalue weighted by Gasteiger charge is 2.37. The first-order chi connectivity index (χ1) is 18.5. The van der Waals surface area contributed by atoms with Crippen molar-refractivity contribution in [3.05, 3.63) is 101 Å². The van der Waals surface area contributed by atoms with Crippen molar-refractivity contribution in [2.45, 2.75) is 19.0 Å². The second-order valence-corrected chi connectivity index (χ2v) is 9.18. The minimum atomic E-state index is -0.755. The maximum atomic E-state index is 13.3. The zero-order chi connectivity index (χ0) is 26.2. The Morgan fingerprint density at radius 3 is 2.61 bits per heavy atom. The van der Waals surface area contributed by atoms with Crippen LogP contribution in [0.5, 0.6) is 5.75 Å². The largest absolute Gasteiger partial charge is 0.484 e. The van der Waals surface area contributed by atoms with Crippen molar-refractivity contribution in [1.82, 2.24) is 9.88 Å². The van der Waals surface area contributed by atoms with Gasteiger partial charge >= 0.3 is 5.97 Å². The molecule has 0 bridgehead atoms. The van der Waals surface area contributed by atoms with E-state index in [2.05, 4.69) is 4.98 Å². The lowest BCUT2D eigenvalue weighted by Crippen LogP contribution is -2.50. The van der Waals surface area contributed by atoms with Crippen LogP contribution in [0, 0.1) is 0 Å². The number of para-hydroxylation sites is 1. The number of carbonyl (C=O) groups is 3. The predicted molar refractivity (Wildman–Crippen MR) is 140 cm³/mol. The highest BCUT2D eigenvalue weighted by atomic mass is 16.5. The molecular weight excluding hydrogens is 484 g/mol. The van der Waals surface area contributed by atoms with Crippen LogP contribution in [-0.2, 0) is 27.3 Å². The summed E-state index contributed by atoms with van der Waals surface area (Å²) in [6.45, 7) is -0.0448. The fourth-order valence-corrected chi connectivity index (χ4v) is 5.06. The zero-order valence-electron chi connectivity index (χ0n) is 20.6. The predicted octanol–water partition coefficient (Wildman–Crippen LogP) is 4.65. The number of amides is 1. The highest BCUT2D eigenvalue weighted by Crippen LogP contribution is 2.31. The quantitative estimate of drug-likeness (QED) is 0.265. The smallest absolute Gasteiger partial charge is 0.328 e. The van der Waals surface area contributed by atoms with Crippen LogP contribution in [0.2, 0.25) is 0 Å². The van der Waals surface area contributed by atoms with Gasteiger partial charge in [0.1, 0.15) is 23.6 Å². The van der Waals surface area contributed by atoms with E-state index in [4.69, 9.17) is 13.9 Å². The third-order valence-corrected chi connectivity index (χ3v) is 6.99. The molecule has 0 aliphatic carbocycles. The van der Waals surface area contributed by atoms with Gasteiger partial charge in [-0.1, -0.05) is 48.5 Å². The number of H-pyrrole nitrogens is 1. The molecule has 0 saturated heterocycles. The summed E-state index contributed by atoms with van der Waals surface area (Å²) >= 11 is 0. The van der Waals surface area contributed by atoms with Crippen molar-refractivity contribution < 1.29 is 28.3 Å². The summed E-state index contributed by atoms with van der Waals surface area (Å²) in [5.41, 5.74) is 4.37. The number of hydrogen-bond donors (Lipinski definition) is 1. The van der Waals surface area contributed by atoms with Gasteiger partial charge in [0.15, 0.2) is 12.4 Å². The number of aromatic amines is 1. The monoisotopic (exact) mass is 508 g/mol. The van der Waals surface area contributed by atoms with Crippen molar-refractivity contribution >= 4 is 39.5 Å². The molecule has 8 nitrogen and oxygen atoms in total. The van der Waals surface area contributed by atoms with Crippen LogP contribution in [0.15, 0.2) is 83.5 Å². The number of ketones is 1. The number of fused-ring (bicyclic) bond motifs is 4. The Morgan fingerprint density at radius 2 is 1.79 bits per heavy atom. The van der Waals surface area contributed by atoms with Crippen molar-refractivity contribution in [3.63, 3.8) is 0 Å². The molecule has 0 unspecified atom stereocenters. The molecule has 2 aromatic heterocycles. The molecule has 0 fully saturated rings. The molecule has 1 atom stereocenters. The fraction of sp³-hybridized carbons (Fsp3) is 0.167. The molecular formula is C30H24N2O6. The van der Waals surface area contributed by atoms with Crippen molar-refractivity contribution in [2.75, 3.05) is 13.7 Å². The Morgan fingerprint density at radius 1 is 1.00 bits per heavy atom. The van der Waals surface area contributed by atoms with Gasteiger partial charge in [0.25, 0.3) is 5.91 Å². The van der Waals surface area contributed by atoms with Crippen LogP contribution in [0.3, 0.4) is 0 Å². The fourth-order valence-electron chi connectivity index (χ4n) is 5.06. The molecule has 1 aliphatic rings. The molecule has 6 rings (SSSR count). The number of furan rings is 1. The van der Waals surface area contributed by atoms with Crippen LogP contribution < -0.4 is 4.74 Å². The van der Waals surface area contributed by atoms with E-state index < -0.39 is 12.0 Å². The number of hydrogen-bond acceptors (Lipinski definition) is 6. The van der Waals surface area contributed by atoms with E-state index in [0.29, 0.717) is 34.3 Å². The minimum Gasteiger partial charge on any atom is -0.484 e. The average Bonchev–Trinajstić information content (AvgIpc) is 3.55. The molecule has 3 aromatic carbocycles. The SMILES string of the molecule is COC(=O)[C@@H]1Cc2c([nH]c3ccccc23)CN1C(=O)COc1ccc2occ(C(=O)c3ccccc3)c2c1. The van der Waals surface area contributed by atoms with Crippen LogP contribution in [0.1, 0.15) is 27.2 Å². The molecule has 38 heavy (non-hydrogen) atoms. The minimum absolute atomic E-state index is 0.166. The Bertz CT molecular complexity index is 1680. The number of nitrogens with zero attached hydrogens (tertiary/aromatic N) is 1. The van der Waals surface area contributed by atoms with Crippen molar-refractivity contribution in [2.24, 2.45) is 0 Å². The number of benzene rings is 3. The van der Waals surface area contributed by atoms with Crippen LogP contribution in [0.25, 0.3) is 21.9 Å². The van der Waals surface area contributed by atoms with Gasteiger partial charge in [-0.3, -0.25) is 9.59 Å². The van der Waals surface area contributed by atoms with E-state index in [-0.39, 0.29) is 24.8 Å². The summed E-state index contributed by atoms with van der Waals surface area (Å²) in [5.74, 6) is -0.580. The van der Waals surface area contributed by atoms with Crippen LogP contribution in [0.4, 0.5) is 0 Å². The van der Waals surface area contributed by atoms with E-state index in [0.717, 1.165) is 22.2 Å². The zero-order valence-corrected chi connectivity index (χ0v) is 20.6. The Labute approximate surface area is 217 Å². The second-order valence-electron chi connectivity index (χ2n) is 9.18. The lowest BCUT2D eigenvalue weighted by molar-refractivity contribution is -0.154. The van der Waals surface area contributed by atoms with Gasteiger partial charge in [0.2, 0.25) is 0 Å². The summed E-state index contributed by atoms with van der Waals surface area (Å²) in [7, 11) is 1.32. The summed E-state index contributed by atoms with van der Waals surface area (Å²) in [5, 5.41) is 1.63. The van der Waals surface area contributed by atoms with Gasteiger partial charge in [-0.05, 0) is 29.8 Å². The summed E-state index contributed by atoms with van der Waals surface area (Å²) in [4.78, 5) is 43.8. The Kier molecular flexibility index (Phi) is 5.92. The van der Waals surface area contributed by atoms with Crippen LogP contribution >= 0.6 is 0 Å². The molecule has 3 heterocycles. The first-order valence-electron chi connectivity index (χ1n) is 12.2. The molecule has 5 aromatic rings. The number of aromatic nitrogens is 1. The topological polar surface area (TPSA) is 102 Å². The lowest BCUT2D eigenvalue weighted by Gasteiger charge is -2.33. The first-order valence-corrected chi connectivity index (χ1v) is 12.2. The standard InChI is InChI=1S/C30H24N2O6/c1-36-30(35)26-14-21-20-9-5-6-10-24(20)31-25(21)15-32(26)28(33)17-37-19-11-12-27-22(13-19)23(16-38-27)29(34)18-7-3-2-4-8-18/h2-13,16,26,31H,14-15,17H2,1H3/t26-/m0/s1. The van der Waals surface area contributed by atoms with Crippen LogP contribution in [-0.4, -0.2) is 47.3 Å². The molecule has 0 radical (unpaired) electrons. The van der Waals surface area contributed by atoms with E-state index in [1.807, 2.05) is 30.3 Å². The number of nitrogens with one attached hydrogen (secondary N) is 1. The number of esters is 1. The molecule has 0 saturated carbocycles. The van der Waals surface area contributed by atoms with Gasteiger partial charge < -0.3 is 23.8 Å². The van der Waals surface area contributed by atoms with Gasteiger partial charge in [-0.2, -0.15) is 0 Å². The molecule has 8 heteroatoms. The van der Waals surface area contributed by atoms with Gasteiger partial charge in [0.05, 0.1) is 19.2 Å². The normalized spacial score (nSPS) is 14.9. The van der Waals surface area contributed by atoms with E-state index in [9.17, 15) is 14.4 Å². The summed E-state index contributed by atoms with van der Waals surface area (Å²) in [6, 6.07) is 21.1. The summed E-state index contributed by atoms with van der Waals surface area (Å²) < 4.78 is 16.4. The maximum Gasteiger partial charge on any atom is 0.328 e. The third kappa shape index (κ3) is 4.10. The lowest BCUT2D eigenvalue weighted by atomic mass is 9.96. The van der Waals surface area contributed by atoms with Gasteiger partial charge in [-0.25, -0.2) is 4.79 Å². The average molecular weight is 509 g/mol. The number of methoxy groups -OCH3 is 1. The molecule has 0 spiro atoms. The number of rotatable bonds is 6. The highest BCUT2D eigenvalue weighted by molar-refractivity contribution is 6.16. The molecule has 190 valence electrons. The number of ether oxygens (including phenoxy) is 2. The Balaban J connectivity index is 1.23. The maximum absolute atomic E-state index is 13.3.